The lowest BCUT2D eigenvalue weighted by Crippen LogP contribution is -2.23. The van der Waals surface area contributed by atoms with E-state index in [4.69, 9.17) is 4.74 Å². The molecule has 1 atom stereocenters. The molecule has 2 N–H and O–H groups in total. The SMILES string of the molecule is Cc1cc(NC(=O)C2CCOC2)c(C)cc1O. The number of aromatic hydroxyl groups is 1. The number of carbonyl (C=O) groups is 1. The van der Waals surface area contributed by atoms with Gasteiger partial charge < -0.3 is 15.2 Å². The summed E-state index contributed by atoms with van der Waals surface area (Å²) in [5.74, 6) is 0.198. The number of phenolic OH excluding ortho intramolecular Hbond substituents is 1. The first kappa shape index (κ1) is 11.9. The van der Waals surface area contributed by atoms with E-state index in [1.165, 1.54) is 0 Å². The van der Waals surface area contributed by atoms with Crippen LogP contribution in [0.25, 0.3) is 0 Å². The van der Waals surface area contributed by atoms with Gasteiger partial charge in [0.1, 0.15) is 5.75 Å². The van der Waals surface area contributed by atoms with Crippen LogP contribution in [0.3, 0.4) is 0 Å². The molecule has 1 fully saturated rings. The summed E-state index contributed by atoms with van der Waals surface area (Å²) in [4.78, 5) is 11.9. The maximum absolute atomic E-state index is 11.9. The van der Waals surface area contributed by atoms with E-state index in [0.29, 0.717) is 13.2 Å². The Morgan fingerprint density at radius 1 is 1.41 bits per heavy atom. The van der Waals surface area contributed by atoms with E-state index in [2.05, 4.69) is 5.32 Å². The van der Waals surface area contributed by atoms with E-state index in [-0.39, 0.29) is 17.6 Å². The van der Waals surface area contributed by atoms with Gasteiger partial charge in [0.2, 0.25) is 5.91 Å². The van der Waals surface area contributed by atoms with Crippen molar-refractivity contribution in [3.8, 4) is 5.75 Å². The number of benzene rings is 1. The molecule has 0 saturated carbocycles. The fourth-order valence-corrected chi connectivity index (χ4v) is 1.91. The van der Waals surface area contributed by atoms with Gasteiger partial charge in [0.25, 0.3) is 0 Å². The van der Waals surface area contributed by atoms with Gasteiger partial charge in [-0.2, -0.15) is 0 Å². The average molecular weight is 235 g/mol. The zero-order chi connectivity index (χ0) is 12.4. The summed E-state index contributed by atoms with van der Waals surface area (Å²) in [6, 6.07) is 3.45. The van der Waals surface area contributed by atoms with Crippen LogP contribution in [0.2, 0.25) is 0 Å². The van der Waals surface area contributed by atoms with Gasteiger partial charge in [-0.25, -0.2) is 0 Å². The Hall–Kier alpha value is -1.55. The van der Waals surface area contributed by atoms with E-state index in [1.54, 1.807) is 12.1 Å². The number of aryl methyl sites for hydroxylation is 2. The normalized spacial score (nSPS) is 19.3. The summed E-state index contributed by atoms with van der Waals surface area (Å²) < 4.78 is 5.19. The van der Waals surface area contributed by atoms with Crippen molar-refractivity contribution in [3.05, 3.63) is 23.3 Å². The van der Waals surface area contributed by atoms with Crippen LogP contribution in [0, 0.1) is 19.8 Å². The first-order valence-electron chi connectivity index (χ1n) is 5.76. The highest BCUT2D eigenvalue weighted by Crippen LogP contribution is 2.26. The summed E-state index contributed by atoms with van der Waals surface area (Å²) in [5, 5.41) is 12.4. The van der Waals surface area contributed by atoms with E-state index in [0.717, 1.165) is 23.2 Å². The summed E-state index contributed by atoms with van der Waals surface area (Å²) in [6.45, 7) is 4.83. The minimum absolute atomic E-state index is 0.00399. The number of hydrogen-bond donors (Lipinski definition) is 2. The molecule has 1 aromatic rings. The lowest BCUT2D eigenvalue weighted by Gasteiger charge is -2.13. The number of nitrogens with one attached hydrogen (secondary N) is 1. The second kappa shape index (κ2) is 4.75. The van der Waals surface area contributed by atoms with Crippen LogP contribution < -0.4 is 5.32 Å². The van der Waals surface area contributed by atoms with Gasteiger partial charge in [-0.3, -0.25) is 4.79 Å². The summed E-state index contributed by atoms with van der Waals surface area (Å²) in [7, 11) is 0. The summed E-state index contributed by atoms with van der Waals surface area (Å²) in [5.41, 5.74) is 2.38. The first-order chi connectivity index (χ1) is 8.08. The van der Waals surface area contributed by atoms with Crippen molar-refractivity contribution in [3.63, 3.8) is 0 Å². The van der Waals surface area contributed by atoms with Crippen LogP contribution in [-0.2, 0) is 9.53 Å². The molecule has 4 heteroatoms. The lowest BCUT2D eigenvalue weighted by molar-refractivity contribution is -0.119. The number of phenols is 1. The van der Waals surface area contributed by atoms with Gasteiger partial charge >= 0.3 is 0 Å². The second-order valence-corrected chi connectivity index (χ2v) is 4.50. The molecule has 1 amide bonds. The maximum atomic E-state index is 11.9. The molecule has 0 aromatic heterocycles. The molecule has 17 heavy (non-hydrogen) atoms. The van der Waals surface area contributed by atoms with E-state index in [1.807, 2.05) is 13.8 Å². The molecule has 1 aliphatic rings. The van der Waals surface area contributed by atoms with Crippen molar-refractivity contribution in [2.45, 2.75) is 20.3 Å². The van der Waals surface area contributed by atoms with Gasteiger partial charge in [0, 0.05) is 12.3 Å². The zero-order valence-electron chi connectivity index (χ0n) is 10.1. The fourth-order valence-electron chi connectivity index (χ4n) is 1.91. The van der Waals surface area contributed by atoms with Crippen LogP contribution >= 0.6 is 0 Å². The van der Waals surface area contributed by atoms with Crippen molar-refractivity contribution in [2.24, 2.45) is 5.92 Å². The molecule has 92 valence electrons. The summed E-state index contributed by atoms with van der Waals surface area (Å²) in [6.07, 6.45) is 0.780. The Morgan fingerprint density at radius 3 is 2.82 bits per heavy atom. The Kier molecular flexibility index (Phi) is 3.33. The molecular formula is C13H17NO3. The third-order valence-corrected chi connectivity index (χ3v) is 3.10. The molecule has 4 nitrogen and oxygen atoms in total. The molecule has 0 bridgehead atoms. The Labute approximate surface area is 101 Å². The van der Waals surface area contributed by atoms with Crippen LogP contribution in [0.5, 0.6) is 5.75 Å². The number of hydrogen-bond acceptors (Lipinski definition) is 3. The Bertz CT molecular complexity index is 437. The number of carbonyl (C=O) groups excluding carboxylic acids is 1. The molecule has 1 heterocycles. The largest absolute Gasteiger partial charge is 0.508 e. The minimum atomic E-state index is -0.0523. The van der Waals surface area contributed by atoms with Crippen LogP contribution in [0.1, 0.15) is 17.5 Å². The number of ether oxygens (including phenoxy) is 1. The monoisotopic (exact) mass is 235 g/mol. The second-order valence-electron chi connectivity index (χ2n) is 4.50. The molecular weight excluding hydrogens is 218 g/mol. The van der Waals surface area contributed by atoms with Gasteiger partial charge in [0.05, 0.1) is 12.5 Å². The number of anilines is 1. The number of amides is 1. The molecule has 0 radical (unpaired) electrons. The van der Waals surface area contributed by atoms with E-state index >= 15 is 0 Å². The van der Waals surface area contributed by atoms with Crippen LogP contribution in [0.4, 0.5) is 5.69 Å². The quantitative estimate of drug-likeness (QED) is 0.771. The zero-order valence-corrected chi connectivity index (χ0v) is 10.1. The minimum Gasteiger partial charge on any atom is -0.508 e. The molecule has 1 aliphatic heterocycles. The third kappa shape index (κ3) is 2.58. The molecule has 2 rings (SSSR count). The Balaban J connectivity index is 2.12. The van der Waals surface area contributed by atoms with Gasteiger partial charge in [-0.05, 0) is 43.5 Å². The van der Waals surface area contributed by atoms with Crippen molar-refractivity contribution < 1.29 is 14.6 Å². The van der Waals surface area contributed by atoms with Crippen molar-refractivity contribution in [2.75, 3.05) is 18.5 Å². The first-order valence-corrected chi connectivity index (χ1v) is 5.76. The molecule has 1 saturated heterocycles. The van der Waals surface area contributed by atoms with E-state index in [9.17, 15) is 9.90 Å². The maximum Gasteiger partial charge on any atom is 0.229 e. The van der Waals surface area contributed by atoms with Crippen molar-refractivity contribution in [1.82, 2.24) is 0 Å². The predicted molar refractivity (Wildman–Crippen MR) is 65.1 cm³/mol. The standard InChI is InChI=1S/C13H17NO3/c1-8-6-12(15)9(2)5-11(8)14-13(16)10-3-4-17-7-10/h5-6,10,15H,3-4,7H2,1-2H3,(H,14,16). The molecule has 0 aliphatic carbocycles. The van der Waals surface area contributed by atoms with E-state index < -0.39 is 0 Å². The van der Waals surface area contributed by atoms with Gasteiger partial charge in [0.15, 0.2) is 0 Å². The molecule has 1 aromatic carbocycles. The van der Waals surface area contributed by atoms with Crippen LogP contribution in [-0.4, -0.2) is 24.2 Å². The highest BCUT2D eigenvalue weighted by Gasteiger charge is 2.23. The van der Waals surface area contributed by atoms with Gasteiger partial charge in [-0.15, -0.1) is 0 Å². The fraction of sp³-hybridized carbons (Fsp3) is 0.462. The van der Waals surface area contributed by atoms with Gasteiger partial charge in [-0.1, -0.05) is 0 Å². The average Bonchev–Trinajstić information content (AvgIpc) is 2.79. The highest BCUT2D eigenvalue weighted by molar-refractivity contribution is 5.93. The van der Waals surface area contributed by atoms with Crippen LogP contribution in [0.15, 0.2) is 12.1 Å². The van der Waals surface area contributed by atoms with Crippen molar-refractivity contribution >= 4 is 11.6 Å². The predicted octanol–water partition coefficient (Wildman–Crippen LogP) is 1.98. The topological polar surface area (TPSA) is 58.6 Å². The number of rotatable bonds is 2. The molecule has 0 spiro atoms. The van der Waals surface area contributed by atoms with Crippen molar-refractivity contribution in [1.29, 1.82) is 0 Å². The smallest absolute Gasteiger partial charge is 0.229 e. The summed E-state index contributed by atoms with van der Waals surface area (Å²) >= 11 is 0. The lowest BCUT2D eigenvalue weighted by atomic mass is 10.1. The Morgan fingerprint density at radius 2 is 2.18 bits per heavy atom. The highest BCUT2D eigenvalue weighted by atomic mass is 16.5. The molecule has 1 unspecified atom stereocenters. The third-order valence-electron chi connectivity index (χ3n) is 3.10.